The van der Waals surface area contributed by atoms with Gasteiger partial charge in [-0.2, -0.15) is 0 Å². The van der Waals surface area contributed by atoms with Crippen LogP contribution in [0.25, 0.3) is 0 Å². The second-order valence-corrected chi connectivity index (χ2v) is 5.92. The van der Waals surface area contributed by atoms with Gasteiger partial charge in [0.25, 0.3) is 5.91 Å². The molecule has 1 atom stereocenters. The average molecular weight is 291 g/mol. The lowest BCUT2D eigenvalue weighted by molar-refractivity contribution is -0.167. The summed E-state index contributed by atoms with van der Waals surface area (Å²) < 4.78 is 11.1. The van der Waals surface area contributed by atoms with Crippen molar-refractivity contribution in [2.45, 2.75) is 24.9 Å². The molecule has 0 radical (unpaired) electrons. The predicted octanol–water partition coefficient (Wildman–Crippen LogP) is 1.13. The Morgan fingerprint density at radius 1 is 1.52 bits per heavy atom. The number of hydrogen-bond acceptors (Lipinski definition) is 5. The first kappa shape index (κ1) is 14.4. The number of rotatable bonds is 4. The van der Waals surface area contributed by atoms with Crippen molar-refractivity contribution in [1.82, 2.24) is 14.9 Å². The van der Waals surface area contributed by atoms with Gasteiger partial charge in [-0.05, 0) is 25.2 Å². The molecule has 0 aliphatic carbocycles. The quantitative estimate of drug-likeness (QED) is 0.832. The maximum atomic E-state index is 12.3. The summed E-state index contributed by atoms with van der Waals surface area (Å²) in [4.78, 5) is 22.0. The number of likely N-dealkylation sites (tertiary alicyclic amines) is 1. The molecule has 0 aromatic carbocycles. The highest BCUT2D eigenvalue weighted by atomic mass is 16.5. The maximum Gasteiger partial charge on any atom is 0.274 e. The lowest BCUT2D eigenvalue weighted by Gasteiger charge is -2.53. The van der Waals surface area contributed by atoms with E-state index in [0.29, 0.717) is 24.7 Å². The molecule has 0 bridgehead atoms. The van der Waals surface area contributed by atoms with Gasteiger partial charge in [-0.3, -0.25) is 9.78 Å². The molecule has 1 aromatic heterocycles. The van der Waals surface area contributed by atoms with E-state index in [0.717, 1.165) is 32.5 Å². The predicted molar refractivity (Wildman–Crippen MR) is 75.8 cm³/mol. The smallest absolute Gasteiger partial charge is 0.274 e. The molecule has 1 amide bonds. The molecule has 1 spiro atoms. The van der Waals surface area contributed by atoms with Crippen LogP contribution in [0.3, 0.4) is 0 Å². The Balaban J connectivity index is 1.55. The first-order chi connectivity index (χ1) is 10.2. The van der Waals surface area contributed by atoms with E-state index in [1.165, 1.54) is 6.20 Å². The second kappa shape index (κ2) is 6.07. The van der Waals surface area contributed by atoms with E-state index in [2.05, 4.69) is 9.97 Å². The summed E-state index contributed by atoms with van der Waals surface area (Å²) in [6, 6.07) is 0. The zero-order valence-corrected chi connectivity index (χ0v) is 12.3. The van der Waals surface area contributed by atoms with E-state index in [4.69, 9.17) is 9.47 Å². The number of methoxy groups -OCH3 is 1. The first-order valence-electron chi connectivity index (χ1n) is 7.41. The molecule has 2 aliphatic rings. The molecular weight excluding hydrogens is 270 g/mol. The summed E-state index contributed by atoms with van der Waals surface area (Å²) in [5.41, 5.74) is 0.258. The molecule has 1 aromatic rings. The van der Waals surface area contributed by atoms with E-state index in [1.807, 2.05) is 0 Å². The lowest BCUT2D eigenvalue weighted by Crippen LogP contribution is -2.66. The SMILES string of the molecule is COCC[C@@H]1CCOC2(C1)CN(C(=O)c1cnccn1)C2. The molecule has 114 valence electrons. The van der Waals surface area contributed by atoms with Gasteiger partial charge in [-0.1, -0.05) is 0 Å². The molecular formula is C15H21N3O3. The van der Waals surface area contributed by atoms with Crippen LogP contribution in [-0.2, 0) is 9.47 Å². The largest absolute Gasteiger partial charge is 0.385 e. The van der Waals surface area contributed by atoms with Gasteiger partial charge in [-0.15, -0.1) is 0 Å². The minimum absolute atomic E-state index is 0.0589. The highest BCUT2D eigenvalue weighted by Crippen LogP contribution is 2.38. The van der Waals surface area contributed by atoms with E-state index in [1.54, 1.807) is 24.4 Å². The zero-order chi connectivity index (χ0) is 14.7. The third-order valence-electron chi connectivity index (χ3n) is 4.35. The van der Waals surface area contributed by atoms with E-state index in [-0.39, 0.29) is 11.5 Å². The Labute approximate surface area is 124 Å². The van der Waals surface area contributed by atoms with Crippen LogP contribution in [-0.4, -0.2) is 59.8 Å². The standard InChI is InChI=1S/C15H21N3O3/c1-20-6-2-12-3-7-21-15(8-12)10-18(11-15)14(19)13-9-16-4-5-17-13/h4-5,9,12H,2-3,6-8,10-11H2,1H3/t12-/m1/s1. The number of ether oxygens (including phenoxy) is 2. The van der Waals surface area contributed by atoms with Crippen LogP contribution in [0.4, 0.5) is 0 Å². The molecule has 6 nitrogen and oxygen atoms in total. The molecule has 0 N–H and O–H groups in total. The van der Waals surface area contributed by atoms with Crippen molar-refractivity contribution in [2.75, 3.05) is 33.4 Å². The fourth-order valence-electron chi connectivity index (χ4n) is 3.24. The Morgan fingerprint density at radius 3 is 3.10 bits per heavy atom. The zero-order valence-electron chi connectivity index (χ0n) is 12.3. The number of aromatic nitrogens is 2. The summed E-state index contributed by atoms with van der Waals surface area (Å²) in [5.74, 6) is 0.573. The van der Waals surface area contributed by atoms with Gasteiger partial charge in [0.1, 0.15) is 11.3 Å². The van der Waals surface area contributed by atoms with Crippen LogP contribution in [0.2, 0.25) is 0 Å². The second-order valence-electron chi connectivity index (χ2n) is 5.92. The van der Waals surface area contributed by atoms with E-state index in [9.17, 15) is 4.79 Å². The third-order valence-corrected chi connectivity index (χ3v) is 4.35. The van der Waals surface area contributed by atoms with Gasteiger partial charge in [0.15, 0.2) is 0 Å². The lowest BCUT2D eigenvalue weighted by atomic mass is 9.79. The van der Waals surface area contributed by atoms with Crippen molar-refractivity contribution in [3.8, 4) is 0 Å². The molecule has 3 rings (SSSR count). The van der Waals surface area contributed by atoms with E-state index < -0.39 is 0 Å². The molecule has 0 saturated carbocycles. The van der Waals surface area contributed by atoms with Crippen LogP contribution in [0.1, 0.15) is 29.8 Å². The topological polar surface area (TPSA) is 64.6 Å². The van der Waals surface area contributed by atoms with Gasteiger partial charge in [0, 0.05) is 32.7 Å². The maximum absolute atomic E-state index is 12.3. The number of hydrogen-bond donors (Lipinski definition) is 0. The minimum Gasteiger partial charge on any atom is -0.385 e. The van der Waals surface area contributed by atoms with E-state index >= 15 is 0 Å². The molecule has 2 saturated heterocycles. The summed E-state index contributed by atoms with van der Waals surface area (Å²) in [6.45, 7) is 2.89. The number of nitrogens with zero attached hydrogens (tertiary/aromatic N) is 3. The minimum atomic E-state index is -0.144. The molecule has 6 heteroatoms. The van der Waals surface area contributed by atoms with Gasteiger partial charge < -0.3 is 14.4 Å². The normalized spacial score (nSPS) is 23.9. The van der Waals surface area contributed by atoms with Crippen LogP contribution in [0.15, 0.2) is 18.6 Å². The Morgan fingerprint density at radius 2 is 2.38 bits per heavy atom. The number of carbonyl (C=O) groups is 1. The highest BCUT2D eigenvalue weighted by Gasteiger charge is 2.49. The third kappa shape index (κ3) is 3.06. The van der Waals surface area contributed by atoms with Gasteiger partial charge in [0.05, 0.1) is 19.3 Å². The van der Waals surface area contributed by atoms with Crippen molar-refractivity contribution in [3.05, 3.63) is 24.3 Å². The fourth-order valence-corrected chi connectivity index (χ4v) is 3.24. The molecule has 21 heavy (non-hydrogen) atoms. The van der Waals surface area contributed by atoms with Crippen molar-refractivity contribution >= 4 is 5.91 Å². The van der Waals surface area contributed by atoms with Crippen LogP contribution >= 0.6 is 0 Å². The molecule has 2 fully saturated rings. The number of carbonyl (C=O) groups excluding carboxylic acids is 1. The van der Waals surface area contributed by atoms with Gasteiger partial charge >= 0.3 is 0 Å². The monoisotopic (exact) mass is 291 g/mol. The van der Waals surface area contributed by atoms with Gasteiger partial charge in [0.2, 0.25) is 0 Å². The van der Waals surface area contributed by atoms with Crippen molar-refractivity contribution in [3.63, 3.8) is 0 Å². The Kier molecular flexibility index (Phi) is 4.17. The van der Waals surface area contributed by atoms with Crippen LogP contribution in [0, 0.1) is 5.92 Å². The number of amides is 1. The molecule has 2 aliphatic heterocycles. The van der Waals surface area contributed by atoms with Crippen LogP contribution < -0.4 is 0 Å². The fraction of sp³-hybridized carbons (Fsp3) is 0.667. The molecule has 0 unspecified atom stereocenters. The summed E-state index contributed by atoms with van der Waals surface area (Å²) in [5, 5.41) is 0. The van der Waals surface area contributed by atoms with Crippen molar-refractivity contribution in [2.24, 2.45) is 5.92 Å². The summed E-state index contributed by atoms with van der Waals surface area (Å²) >= 11 is 0. The van der Waals surface area contributed by atoms with Crippen molar-refractivity contribution < 1.29 is 14.3 Å². The first-order valence-corrected chi connectivity index (χ1v) is 7.41. The Bertz CT molecular complexity index is 488. The average Bonchev–Trinajstić information content (AvgIpc) is 2.51. The summed E-state index contributed by atoms with van der Waals surface area (Å²) in [7, 11) is 1.74. The van der Waals surface area contributed by atoms with Crippen LogP contribution in [0.5, 0.6) is 0 Å². The van der Waals surface area contributed by atoms with Gasteiger partial charge in [-0.25, -0.2) is 4.98 Å². The molecule has 3 heterocycles. The van der Waals surface area contributed by atoms with Crippen molar-refractivity contribution in [1.29, 1.82) is 0 Å². The summed E-state index contributed by atoms with van der Waals surface area (Å²) in [6.07, 6.45) is 7.79. The highest BCUT2D eigenvalue weighted by molar-refractivity contribution is 5.92. The Hall–Kier alpha value is -1.53.